The smallest absolute Gasteiger partial charge is 0.168 e. The molecular weight excluding hydrogens is 490 g/mol. The van der Waals surface area contributed by atoms with Crippen LogP contribution >= 0.6 is 0 Å². The van der Waals surface area contributed by atoms with Gasteiger partial charge in [-0.3, -0.25) is 19.2 Å². The predicted octanol–water partition coefficient (Wildman–Crippen LogP) is 3.20. The maximum absolute atomic E-state index is 11.4. The molecule has 1 unspecified atom stereocenters. The highest BCUT2D eigenvalue weighted by atomic mass is 16.3. The fraction of sp³-hybridized carbons (Fsp3) is 0.267. The van der Waals surface area contributed by atoms with E-state index in [9.17, 15) is 9.90 Å². The molecule has 6 rings (SSSR count). The number of fused-ring (bicyclic) bond motifs is 1. The third kappa shape index (κ3) is 5.24. The zero-order chi connectivity index (χ0) is 26.6. The molecule has 1 atom stereocenters. The highest BCUT2D eigenvalue weighted by Gasteiger charge is 2.27. The number of hydrogen-bond donors (Lipinski definition) is 1. The average Bonchev–Trinajstić information content (AvgIpc) is 3.62. The molecule has 9 heteroatoms. The maximum atomic E-state index is 11.4. The number of benzene rings is 2. The van der Waals surface area contributed by atoms with Crippen molar-refractivity contribution in [1.82, 2.24) is 33.9 Å². The molecule has 0 spiro atoms. The van der Waals surface area contributed by atoms with Crippen molar-refractivity contribution in [3.05, 3.63) is 108 Å². The summed E-state index contributed by atoms with van der Waals surface area (Å²) >= 11 is 0. The summed E-state index contributed by atoms with van der Waals surface area (Å²) in [7, 11) is 0. The Morgan fingerprint density at radius 1 is 0.821 bits per heavy atom. The van der Waals surface area contributed by atoms with Crippen LogP contribution in [0.1, 0.15) is 27.7 Å². The molecule has 1 fully saturated rings. The molecule has 0 amide bonds. The number of β-amino-alcohol motifs (C(OH)–C–C–N with tert-alkyl or cyclic N) is 1. The Morgan fingerprint density at radius 3 is 2.18 bits per heavy atom. The lowest BCUT2D eigenvalue weighted by Crippen LogP contribution is -2.50. The van der Waals surface area contributed by atoms with Gasteiger partial charge in [0, 0.05) is 38.9 Å². The number of aromatic nitrogens is 5. The zero-order valence-corrected chi connectivity index (χ0v) is 21.6. The second-order valence-corrected chi connectivity index (χ2v) is 9.90. The molecule has 0 saturated carbocycles. The summed E-state index contributed by atoms with van der Waals surface area (Å²) in [6.45, 7) is 4.54. The largest absolute Gasteiger partial charge is 0.390 e. The van der Waals surface area contributed by atoms with Gasteiger partial charge in [-0.2, -0.15) is 0 Å². The summed E-state index contributed by atoms with van der Waals surface area (Å²) in [5, 5.41) is 11.0. The zero-order valence-electron chi connectivity index (χ0n) is 21.6. The van der Waals surface area contributed by atoms with Gasteiger partial charge in [-0.15, -0.1) is 0 Å². The summed E-state index contributed by atoms with van der Waals surface area (Å²) in [5.74, 6) is 0.544. The first-order valence-corrected chi connectivity index (χ1v) is 13.2. The maximum Gasteiger partial charge on any atom is 0.168 e. The lowest BCUT2D eigenvalue weighted by Gasteiger charge is -2.40. The summed E-state index contributed by atoms with van der Waals surface area (Å²) in [6, 6.07) is 25.1. The van der Waals surface area contributed by atoms with Crippen LogP contribution in [0.5, 0.6) is 0 Å². The third-order valence-corrected chi connectivity index (χ3v) is 7.39. The number of aldehydes is 1. The lowest BCUT2D eigenvalue weighted by atomic mass is 9.96. The van der Waals surface area contributed by atoms with E-state index >= 15 is 0 Å². The summed E-state index contributed by atoms with van der Waals surface area (Å²) in [5.41, 5.74) is 4.30. The van der Waals surface area contributed by atoms with Crippen molar-refractivity contribution in [3.8, 4) is 5.82 Å². The lowest BCUT2D eigenvalue weighted by molar-refractivity contribution is 0.0560. The first kappa shape index (κ1) is 25.1. The minimum atomic E-state index is -0.580. The van der Waals surface area contributed by atoms with E-state index in [1.54, 1.807) is 29.2 Å². The topological polar surface area (TPSA) is 92.3 Å². The van der Waals surface area contributed by atoms with E-state index in [1.165, 1.54) is 17.5 Å². The van der Waals surface area contributed by atoms with Crippen LogP contribution in [0.15, 0.2) is 91.6 Å². The average molecular weight is 522 g/mol. The second-order valence-electron chi connectivity index (χ2n) is 9.90. The van der Waals surface area contributed by atoms with Crippen LogP contribution < -0.4 is 0 Å². The number of aliphatic hydroxyl groups excluding tert-OH is 1. The van der Waals surface area contributed by atoms with Crippen molar-refractivity contribution in [2.75, 3.05) is 32.7 Å². The fourth-order valence-electron chi connectivity index (χ4n) is 5.53. The van der Waals surface area contributed by atoms with Gasteiger partial charge < -0.3 is 9.67 Å². The third-order valence-electron chi connectivity index (χ3n) is 7.39. The molecule has 1 saturated heterocycles. The molecule has 0 bridgehead atoms. The Morgan fingerprint density at radius 2 is 1.51 bits per heavy atom. The molecule has 9 nitrogen and oxygen atoms in total. The molecule has 2 aromatic carbocycles. The van der Waals surface area contributed by atoms with Crippen LogP contribution in [-0.4, -0.2) is 84.1 Å². The van der Waals surface area contributed by atoms with Gasteiger partial charge in [-0.1, -0.05) is 60.7 Å². The van der Waals surface area contributed by atoms with Gasteiger partial charge in [0.25, 0.3) is 0 Å². The number of carbonyl (C=O) groups is 1. The number of nitrogens with zero attached hydrogens (tertiary/aromatic N) is 7. The molecule has 5 aromatic rings. The van der Waals surface area contributed by atoms with Crippen molar-refractivity contribution >= 4 is 17.5 Å². The highest BCUT2D eigenvalue weighted by molar-refractivity contribution is 5.81. The molecule has 0 aliphatic carbocycles. The normalized spacial score (nSPS) is 15.6. The van der Waals surface area contributed by atoms with Crippen molar-refractivity contribution in [1.29, 1.82) is 0 Å². The first-order chi connectivity index (χ1) is 19.2. The SMILES string of the molecule is O=Cc1cccn1-c1ncnc2c1ncn2CC(O)CN1CCN(C(c2ccccc2)c2ccccc2)CC1. The summed E-state index contributed by atoms with van der Waals surface area (Å²) in [4.78, 5) is 29.5. The molecule has 4 heterocycles. The Labute approximate surface area is 227 Å². The van der Waals surface area contributed by atoms with E-state index in [0.29, 0.717) is 35.8 Å². The standard InChI is InChI=1S/C30H31N7O2/c38-20-25-12-7-13-37(25)30-27-29(31-21-32-30)36(22-33-27)19-26(39)18-34-14-16-35(17-15-34)28(23-8-3-1-4-9-23)24-10-5-2-6-11-24/h1-13,20-22,26,28,39H,14-19H2. The molecule has 39 heavy (non-hydrogen) atoms. The van der Waals surface area contributed by atoms with Crippen LogP contribution in [-0.2, 0) is 6.54 Å². The number of piperazine rings is 1. The molecule has 0 radical (unpaired) electrons. The van der Waals surface area contributed by atoms with E-state index in [1.807, 2.05) is 4.57 Å². The molecule has 3 aromatic heterocycles. The molecule has 198 valence electrons. The number of rotatable bonds is 9. The number of aliphatic hydroxyl groups is 1. The van der Waals surface area contributed by atoms with Gasteiger partial charge in [0.05, 0.1) is 30.7 Å². The van der Waals surface area contributed by atoms with E-state index in [4.69, 9.17) is 0 Å². The van der Waals surface area contributed by atoms with Crippen LogP contribution in [0.25, 0.3) is 17.0 Å². The summed E-state index contributed by atoms with van der Waals surface area (Å²) in [6.07, 6.45) is 5.13. The van der Waals surface area contributed by atoms with Crippen molar-refractivity contribution in [2.45, 2.75) is 18.7 Å². The monoisotopic (exact) mass is 521 g/mol. The number of carbonyl (C=O) groups excluding carboxylic acids is 1. The Bertz CT molecular complexity index is 1490. The van der Waals surface area contributed by atoms with Crippen LogP contribution in [0.4, 0.5) is 0 Å². The summed E-state index contributed by atoms with van der Waals surface area (Å²) < 4.78 is 3.55. The first-order valence-electron chi connectivity index (χ1n) is 13.2. The van der Waals surface area contributed by atoms with E-state index < -0.39 is 6.10 Å². The van der Waals surface area contributed by atoms with E-state index in [-0.39, 0.29) is 6.04 Å². The van der Waals surface area contributed by atoms with Gasteiger partial charge in [0.15, 0.2) is 23.3 Å². The molecule has 1 aliphatic heterocycles. The van der Waals surface area contributed by atoms with Crippen molar-refractivity contribution in [2.24, 2.45) is 0 Å². The number of imidazole rings is 1. The van der Waals surface area contributed by atoms with Gasteiger partial charge >= 0.3 is 0 Å². The molecular formula is C30H31N7O2. The Hall–Kier alpha value is -4.18. The molecule has 1 N–H and O–H groups in total. The van der Waals surface area contributed by atoms with Gasteiger partial charge in [0.1, 0.15) is 6.33 Å². The minimum Gasteiger partial charge on any atom is -0.390 e. The highest BCUT2D eigenvalue weighted by Crippen LogP contribution is 2.29. The van der Waals surface area contributed by atoms with Crippen LogP contribution in [0.3, 0.4) is 0 Å². The number of hydrogen-bond acceptors (Lipinski definition) is 7. The Balaban J connectivity index is 1.11. The van der Waals surface area contributed by atoms with Gasteiger partial charge in [-0.25, -0.2) is 15.0 Å². The predicted molar refractivity (Wildman–Crippen MR) is 149 cm³/mol. The van der Waals surface area contributed by atoms with E-state index in [2.05, 4.69) is 85.4 Å². The van der Waals surface area contributed by atoms with Crippen LogP contribution in [0.2, 0.25) is 0 Å². The van der Waals surface area contributed by atoms with E-state index in [0.717, 1.165) is 32.5 Å². The Kier molecular flexibility index (Phi) is 7.27. The van der Waals surface area contributed by atoms with Crippen molar-refractivity contribution in [3.63, 3.8) is 0 Å². The van der Waals surface area contributed by atoms with Crippen LogP contribution in [0, 0.1) is 0 Å². The van der Waals surface area contributed by atoms with Gasteiger partial charge in [0.2, 0.25) is 0 Å². The van der Waals surface area contributed by atoms with Crippen molar-refractivity contribution < 1.29 is 9.90 Å². The minimum absolute atomic E-state index is 0.214. The quantitative estimate of drug-likeness (QED) is 0.298. The molecule has 1 aliphatic rings. The van der Waals surface area contributed by atoms with Gasteiger partial charge in [-0.05, 0) is 23.3 Å². The fourth-order valence-corrected chi connectivity index (χ4v) is 5.53. The second kappa shape index (κ2) is 11.3.